The second-order valence-electron chi connectivity index (χ2n) is 7.57. The minimum Gasteiger partial charge on any atom is -0.469 e. The highest BCUT2D eigenvalue weighted by molar-refractivity contribution is 7.11. The summed E-state index contributed by atoms with van der Waals surface area (Å²) in [7, 11) is 1.09. The second kappa shape index (κ2) is 15.1. The van der Waals surface area contributed by atoms with Crippen LogP contribution in [-0.4, -0.2) is 78.2 Å². The Kier molecular flexibility index (Phi) is 12.3. The van der Waals surface area contributed by atoms with Crippen LogP contribution in [0.2, 0.25) is 0 Å². The van der Waals surface area contributed by atoms with E-state index in [1.54, 1.807) is 6.92 Å². The van der Waals surface area contributed by atoms with Crippen LogP contribution in [0.4, 0.5) is 23.4 Å². The number of urea groups is 1. The number of rotatable bonds is 14. The average Bonchev–Trinajstić information content (AvgIpc) is 3.18. The zero-order valence-corrected chi connectivity index (χ0v) is 20.8. The minimum absolute atomic E-state index is 0.00785. The molecule has 2 aromatic rings. The quantitative estimate of drug-likeness (QED) is 0.213. The van der Waals surface area contributed by atoms with E-state index in [0.29, 0.717) is 38.2 Å². The number of hydrogen-bond donors (Lipinski definition) is 4. The molecule has 0 saturated carbocycles. The molecule has 11 nitrogen and oxygen atoms in total. The number of ether oxygens (including phenoxy) is 3. The Morgan fingerprint density at radius 1 is 1.11 bits per heavy atom. The molecule has 2 amide bonds. The largest absolute Gasteiger partial charge is 0.513 e. The van der Waals surface area contributed by atoms with Gasteiger partial charge in [0.15, 0.2) is 5.00 Å². The lowest BCUT2D eigenvalue weighted by atomic mass is 10.1. The Balaban J connectivity index is 1.96. The Morgan fingerprint density at radius 2 is 1.78 bits per heavy atom. The van der Waals surface area contributed by atoms with Crippen molar-refractivity contribution >= 4 is 28.7 Å². The molecule has 0 atom stereocenters. The van der Waals surface area contributed by atoms with Crippen molar-refractivity contribution in [3.05, 3.63) is 34.9 Å². The number of methoxy groups -OCH3 is 1. The Bertz CT molecular complexity index is 980. The first-order valence-electron chi connectivity index (χ1n) is 11.1. The van der Waals surface area contributed by atoms with Gasteiger partial charge in [0.05, 0.1) is 25.9 Å². The lowest BCUT2D eigenvalue weighted by Crippen LogP contribution is -2.32. The third kappa shape index (κ3) is 9.18. The average molecular weight is 533 g/mol. The molecule has 1 heterocycles. The smallest absolute Gasteiger partial charge is 0.469 e. The molecule has 0 unspecified atom stereocenters. The van der Waals surface area contributed by atoms with Crippen LogP contribution >= 0.6 is 11.5 Å². The number of benzene rings is 1. The van der Waals surface area contributed by atoms with Crippen LogP contribution in [-0.2, 0) is 11.3 Å². The van der Waals surface area contributed by atoms with Gasteiger partial charge in [0.2, 0.25) is 5.75 Å². The number of hydrogen-bond acceptors (Lipinski definition) is 10. The van der Waals surface area contributed by atoms with E-state index < -0.39 is 30.4 Å². The van der Waals surface area contributed by atoms with Crippen LogP contribution < -0.4 is 20.1 Å². The summed E-state index contributed by atoms with van der Waals surface area (Å²) in [5.41, 5.74) is 0.0729. The van der Waals surface area contributed by atoms with Gasteiger partial charge in [-0.3, -0.25) is 10.2 Å². The number of carbonyl (C=O) groups excluding carboxylic acids is 2. The van der Waals surface area contributed by atoms with Gasteiger partial charge in [0.25, 0.3) is 5.88 Å². The second-order valence-corrected chi connectivity index (χ2v) is 8.35. The van der Waals surface area contributed by atoms with Gasteiger partial charge in [0, 0.05) is 19.6 Å². The maximum atomic E-state index is 14.1. The number of aryl methyl sites for hydroxylation is 1. The van der Waals surface area contributed by atoms with Crippen molar-refractivity contribution in [2.24, 2.45) is 0 Å². The van der Waals surface area contributed by atoms with Crippen molar-refractivity contribution < 1.29 is 42.8 Å². The van der Waals surface area contributed by atoms with E-state index >= 15 is 0 Å². The van der Waals surface area contributed by atoms with E-state index in [0.717, 1.165) is 37.2 Å². The Labute approximate surface area is 211 Å². The number of anilines is 1. The molecule has 4 N–H and O–H groups in total. The third-order valence-electron chi connectivity index (χ3n) is 4.86. The SMILES string of the molecule is COC(=O)Oc1c(OCc2c(F)cc(C)cc2F)nsc1NC(=O)NCCCCN(CCO)CCO. The monoisotopic (exact) mass is 532 g/mol. The van der Waals surface area contributed by atoms with Crippen LogP contribution in [0.3, 0.4) is 0 Å². The molecule has 0 fully saturated rings. The zero-order valence-electron chi connectivity index (χ0n) is 20.0. The molecule has 0 radical (unpaired) electrons. The molecular weight excluding hydrogens is 502 g/mol. The number of unbranched alkanes of at least 4 members (excludes halogenated alkanes) is 1. The highest BCUT2D eigenvalue weighted by Crippen LogP contribution is 2.39. The molecule has 0 spiro atoms. The summed E-state index contributed by atoms with van der Waals surface area (Å²) in [6, 6.07) is 1.71. The molecule has 0 saturated heterocycles. The molecule has 0 aliphatic rings. The summed E-state index contributed by atoms with van der Waals surface area (Å²) in [6.07, 6.45) is 0.255. The summed E-state index contributed by atoms with van der Waals surface area (Å²) in [4.78, 5) is 25.9. The normalized spacial score (nSPS) is 10.9. The number of nitrogens with zero attached hydrogens (tertiary/aromatic N) is 2. The molecule has 0 bridgehead atoms. The van der Waals surface area contributed by atoms with Crippen molar-refractivity contribution in [2.45, 2.75) is 26.4 Å². The highest BCUT2D eigenvalue weighted by atomic mass is 32.1. The van der Waals surface area contributed by atoms with E-state index in [2.05, 4.69) is 19.7 Å². The predicted octanol–water partition coefficient (Wildman–Crippen LogP) is 2.64. The standard InChI is InChI=1S/C22H30F2N4O7S/c1-14-11-16(23)15(17(24)12-14)13-34-19-18(35-22(32)33-2)20(36-27-19)26-21(31)25-5-3-4-6-28(7-9-29)8-10-30/h11-12,29-30H,3-10,13H2,1-2H3,(H2,25,26,31). The molecule has 1 aromatic heterocycles. The number of nitrogens with one attached hydrogen (secondary N) is 2. The summed E-state index contributed by atoms with van der Waals surface area (Å²) >= 11 is 0.740. The number of amides is 2. The van der Waals surface area contributed by atoms with Crippen LogP contribution in [0.5, 0.6) is 11.6 Å². The van der Waals surface area contributed by atoms with Crippen LogP contribution in [0, 0.1) is 18.6 Å². The fraction of sp³-hybridized carbons (Fsp3) is 0.500. The first-order chi connectivity index (χ1) is 17.3. The molecule has 0 aliphatic carbocycles. The zero-order chi connectivity index (χ0) is 26.5. The van der Waals surface area contributed by atoms with Crippen molar-refractivity contribution in [3.63, 3.8) is 0 Å². The predicted molar refractivity (Wildman–Crippen MR) is 127 cm³/mol. The van der Waals surface area contributed by atoms with E-state index in [9.17, 15) is 18.4 Å². The van der Waals surface area contributed by atoms with Crippen molar-refractivity contribution in [1.82, 2.24) is 14.6 Å². The van der Waals surface area contributed by atoms with E-state index in [4.69, 9.17) is 19.7 Å². The van der Waals surface area contributed by atoms with Gasteiger partial charge in [-0.15, -0.1) is 4.37 Å². The molecule has 0 aliphatic heterocycles. The van der Waals surface area contributed by atoms with Gasteiger partial charge in [0.1, 0.15) is 18.2 Å². The van der Waals surface area contributed by atoms with Gasteiger partial charge in [-0.05, 0) is 55.5 Å². The maximum Gasteiger partial charge on any atom is 0.513 e. The van der Waals surface area contributed by atoms with E-state index in [-0.39, 0.29) is 35.4 Å². The highest BCUT2D eigenvalue weighted by Gasteiger charge is 2.23. The van der Waals surface area contributed by atoms with E-state index in [1.807, 2.05) is 4.90 Å². The summed E-state index contributed by atoms with van der Waals surface area (Å²) in [5, 5.41) is 23.2. The van der Waals surface area contributed by atoms with Gasteiger partial charge < -0.3 is 29.7 Å². The minimum atomic E-state index is -1.11. The number of halogens is 2. The van der Waals surface area contributed by atoms with Crippen LogP contribution in [0.15, 0.2) is 12.1 Å². The van der Waals surface area contributed by atoms with Crippen molar-refractivity contribution in [3.8, 4) is 11.6 Å². The maximum absolute atomic E-state index is 14.1. The summed E-state index contributed by atoms with van der Waals surface area (Å²) in [5.74, 6) is -2.12. The van der Waals surface area contributed by atoms with E-state index in [1.165, 1.54) is 0 Å². The van der Waals surface area contributed by atoms with Crippen molar-refractivity contribution in [2.75, 3.05) is 51.8 Å². The lowest BCUT2D eigenvalue weighted by molar-refractivity contribution is 0.119. The summed E-state index contributed by atoms with van der Waals surface area (Å²) in [6.45, 7) is 2.89. The first kappa shape index (κ1) is 29.2. The molecule has 200 valence electrons. The Morgan fingerprint density at radius 3 is 2.39 bits per heavy atom. The molecule has 2 rings (SSSR count). The molecule has 1 aromatic carbocycles. The Hall–Kier alpha value is -3.07. The number of aliphatic hydroxyl groups is 2. The molecular formula is C22H30F2N4O7S. The van der Waals surface area contributed by atoms with Gasteiger partial charge >= 0.3 is 12.2 Å². The fourth-order valence-electron chi connectivity index (χ4n) is 3.09. The molecule has 36 heavy (non-hydrogen) atoms. The van der Waals surface area contributed by atoms with Gasteiger partial charge in [-0.2, -0.15) is 0 Å². The topological polar surface area (TPSA) is 142 Å². The number of carbonyl (C=O) groups is 2. The lowest BCUT2D eigenvalue weighted by Gasteiger charge is -2.19. The third-order valence-corrected chi connectivity index (χ3v) is 5.58. The van der Waals surface area contributed by atoms with Gasteiger partial charge in [-0.1, -0.05) is 0 Å². The van der Waals surface area contributed by atoms with Gasteiger partial charge in [-0.25, -0.2) is 18.4 Å². The summed E-state index contributed by atoms with van der Waals surface area (Å²) < 4.78 is 47.1. The first-order valence-corrected chi connectivity index (χ1v) is 11.9. The van der Waals surface area contributed by atoms with Crippen LogP contribution in [0.1, 0.15) is 24.0 Å². The number of aromatic nitrogens is 1. The van der Waals surface area contributed by atoms with Crippen LogP contribution in [0.25, 0.3) is 0 Å². The van der Waals surface area contributed by atoms with Crippen molar-refractivity contribution in [1.29, 1.82) is 0 Å². The fourth-order valence-corrected chi connectivity index (χ4v) is 3.75. The molecule has 14 heteroatoms. The number of aliphatic hydroxyl groups excluding tert-OH is 2.